The highest BCUT2D eigenvalue weighted by Crippen LogP contribution is 2.43. The van der Waals surface area contributed by atoms with E-state index in [9.17, 15) is 0 Å². The molecule has 0 aliphatic carbocycles. The first-order chi connectivity index (χ1) is 23.3. The number of aliphatic imine (C=N–C) groups is 1. The molecule has 232 valence electrons. The van der Waals surface area contributed by atoms with E-state index in [0.29, 0.717) is 5.90 Å². The molecule has 0 saturated carbocycles. The van der Waals surface area contributed by atoms with Crippen molar-refractivity contribution in [1.29, 1.82) is 0 Å². The Kier molecular flexibility index (Phi) is 6.16. The summed E-state index contributed by atoms with van der Waals surface area (Å²) in [6.45, 7) is 8.42. The van der Waals surface area contributed by atoms with E-state index >= 15 is 0 Å². The fourth-order valence-electron chi connectivity index (χ4n) is 7.13. The number of pyridine rings is 1. The second-order valence-electron chi connectivity index (χ2n) is 13.9. The van der Waals surface area contributed by atoms with Crippen molar-refractivity contribution in [3.63, 3.8) is 0 Å². The van der Waals surface area contributed by atoms with Crippen molar-refractivity contribution in [3.8, 4) is 27.9 Å². The Balaban J connectivity index is 1.31. The van der Waals surface area contributed by atoms with Crippen molar-refractivity contribution in [1.82, 2.24) is 9.55 Å². The number of para-hydroxylation sites is 1. The molecule has 0 radical (unpaired) electrons. The summed E-state index contributed by atoms with van der Waals surface area (Å²) in [5.74, 6) is 0.643. The van der Waals surface area contributed by atoms with Gasteiger partial charge in [-0.1, -0.05) is 91.0 Å². The lowest BCUT2D eigenvalue weighted by atomic mass is 9.87. The monoisotopic (exact) mass is 621 g/mol. The van der Waals surface area contributed by atoms with Crippen LogP contribution in [0.25, 0.3) is 71.3 Å². The van der Waals surface area contributed by atoms with E-state index < -0.39 is 5.60 Å². The Morgan fingerprint density at radius 3 is 2.02 bits per heavy atom. The molecule has 0 unspecified atom stereocenters. The molecule has 0 amide bonds. The lowest BCUT2D eigenvalue weighted by Gasteiger charge is -2.30. The van der Waals surface area contributed by atoms with Gasteiger partial charge in [0.2, 0.25) is 5.90 Å². The second-order valence-corrected chi connectivity index (χ2v) is 13.9. The number of ether oxygens (including phenoxy) is 1. The van der Waals surface area contributed by atoms with E-state index in [1.165, 1.54) is 49.0 Å². The van der Waals surface area contributed by atoms with Gasteiger partial charge in [0.25, 0.3) is 0 Å². The number of rotatable bonds is 4. The molecule has 4 heteroatoms. The van der Waals surface area contributed by atoms with Gasteiger partial charge in [-0.3, -0.25) is 4.98 Å². The molecule has 9 rings (SSSR count). The average molecular weight is 622 g/mol. The molecule has 1 aliphatic heterocycles. The van der Waals surface area contributed by atoms with Gasteiger partial charge in [0.1, 0.15) is 5.60 Å². The Morgan fingerprint density at radius 2 is 1.23 bits per heavy atom. The van der Waals surface area contributed by atoms with Crippen molar-refractivity contribution in [2.24, 2.45) is 4.99 Å². The molecule has 0 bridgehead atoms. The molecule has 48 heavy (non-hydrogen) atoms. The van der Waals surface area contributed by atoms with E-state index in [2.05, 4.69) is 160 Å². The zero-order valence-electron chi connectivity index (χ0n) is 27.5. The molecule has 8 aromatic rings. The summed E-state index contributed by atoms with van der Waals surface area (Å²) < 4.78 is 8.81. The highest BCUT2D eigenvalue weighted by Gasteiger charge is 2.45. The van der Waals surface area contributed by atoms with Crippen LogP contribution < -0.4 is 0 Å². The van der Waals surface area contributed by atoms with Crippen LogP contribution in [0.4, 0.5) is 0 Å². The Morgan fingerprint density at radius 1 is 0.542 bits per heavy atom. The van der Waals surface area contributed by atoms with Crippen molar-refractivity contribution in [2.75, 3.05) is 0 Å². The third-order valence-corrected chi connectivity index (χ3v) is 10.4. The molecule has 0 atom stereocenters. The Bertz CT molecular complexity index is 2590. The van der Waals surface area contributed by atoms with Crippen LogP contribution in [0.2, 0.25) is 0 Å². The molecule has 3 heterocycles. The van der Waals surface area contributed by atoms with Crippen LogP contribution in [-0.4, -0.2) is 26.6 Å². The number of benzene rings is 6. The molecular formula is C44H35N3O. The van der Waals surface area contributed by atoms with Crippen molar-refractivity contribution in [2.45, 2.75) is 38.8 Å². The van der Waals surface area contributed by atoms with E-state index in [4.69, 9.17) is 14.7 Å². The molecule has 0 saturated heterocycles. The number of hydrogen-bond acceptors (Lipinski definition) is 3. The van der Waals surface area contributed by atoms with E-state index in [1.54, 1.807) is 0 Å². The molecule has 1 aliphatic rings. The van der Waals surface area contributed by atoms with Gasteiger partial charge in [-0.15, -0.1) is 0 Å². The van der Waals surface area contributed by atoms with Crippen LogP contribution in [0, 0.1) is 0 Å². The summed E-state index contributed by atoms with van der Waals surface area (Å²) in [6.07, 6.45) is 3.81. The van der Waals surface area contributed by atoms with Gasteiger partial charge in [0, 0.05) is 34.4 Å². The third-order valence-electron chi connectivity index (χ3n) is 10.4. The van der Waals surface area contributed by atoms with Gasteiger partial charge in [0.15, 0.2) is 0 Å². The Labute approximate surface area is 280 Å². The SMILES string of the molecule is CC1(C)N=C(c2cncc(-c3cc4c(c5ccccc35)c3ccc(-c5ccc6ccccc6c5)cc3n4-c3ccccc3)c2)OC1(C)C. The highest BCUT2D eigenvalue weighted by atomic mass is 16.5. The van der Waals surface area contributed by atoms with Crippen LogP contribution in [0.1, 0.15) is 33.3 Å². The first-order valence-corrected chi connectivity index (χ1v) is 16.6. The van der Waals surface area contributed by atoms with Gasteiger partial charge in [0.05, 0.1) is 22.1 Å². The Hall–Kier alpha value is -5.74. The van der Waals surface area contributed by atoms with Crippen molar-refractivity contribution in [3.05, 3.63) is 145 Å². The van der Waals surface area contributed by atoms with Crippen LogP contribution >= 0.6 is 0 Å². The molecule has 0 spiro atoms. The molecule has 6 aromatic carbocycles. The summed E-state index contributed by atoms with van der Waals surface area (Å²) in [4.78, 5) is 9.68. The highest BCUT2D eigenvalue weighted by molar-refractivity contribution is 6.24. The maximum atomic E-state index is 6.39. The molecule has 0 fully saturated rings. The smallest absolute Gasteiger partial charge is 0.218 e. The topological polar surface area (TPSA) is 39.4 Å². The first kappa shape index (κ1) is 28.5. The van der Waals surface area contributed by atoms with Gasteiger partial charge in [-0.2, -0.15) is 0 Å². The zero-order chi connectivity index (χ0) is 32.6. The lowest BCUT2D eigenvalue weighted by Crippen LogP contribution is -2.41. The molecule has 2 aromatic heterocycles. The standard InChI is InChI=1S/C44H35N3O/c1-43(2)44(3,4)48-42(46-43)33-23-32(26-45-27-33)38-25-40-41(36-17-11-10-16-35(36)38)37-21-20-31(24-39(37)47(40)34-14-6-5-7-15-34)30-19-18-28-12-8-9-13-29(28)22-30/h5-27H,1-4H3. The van der Waals surface area contributed by atoms with Gasteiger partial charge >= 0.3 is 0 Å². The van der Waals surface area contributed by atoms with E-state index in [-0.39, 0.29) is 5.54 Å². The van der Waals surface area contributed by atoms with Gasteiger partial charge in [-0.25, -0.2) is 4.99 Å². The quantitative estimate of drug-likeness (QED) is 0.196. The average Bonchev–Trinajstić information content (AvgIpc) is 3.56. The van der Waals surface area contributed by atoms with E-state index in [0.717, 1.165) is 27.9 Å². The molecule has 4 nitrogen and oxygen atoms in total. The van der Waals surface area contributed by atoms with Crippen LogP contribution in [0.3, 0.4) is 0 Å². The normalized spacial score (nSPS) is 15.3. The van der Waals surface area contributed by atoms with Gasteiger partial charge < -0.3 is 9.30 Å². The van der Waals surface area contributed by atoms with Crippen molar-refractivity contribution < 1.29 is 4.74 Å². The fourth-order valence-corrected chi connectivity index (χ4v) is 7.13. The number of fused-ring (bicyclic) bond motifs is 6. The maximum Gasteiger partial charge on any atom is 0.218 e. The largest absolute Gasteiger partial charge is 0.469 e. The van der Waals surface area contributed by atoms with Gasteiger partial charge in [-0.05, 0) is 102 Å². The minimum Gasteiger partial charge on any atom is -0.469 e. The number of aromatic nitrogens is 2. The number of nitrogens with zero attached hydrogens (tertiary/aromatic N) is 3. The maximum absolute atomic E-state index is 6.39. The lowest BCUT2D eigenvalue weighted by molar-refractivity contribution is 0.0619. The summed E-state index contributed by atoms with van der Waals surface area (Å²) in [5.41, 5.74) is 8.14. The van der Waals surface area contributed by atoms with E-state index in [1.807, 2.05) is 12.4 Å². The van der Waals surface area contributed by atoms with Crippen molar-refractivity contribution >= 4 is 49.2 Å². The first-order valence-electron chi connectivity index (χ1n) is 16.6. The van der Waals surface area contributed by atoms with Crippen LogP contribution in [0.5, 0.6) is 0 Å². The fraction of sp³-hybridized carbons (Fsp3) is 0.136. The predicted molar refractivity (Wildman–Crippen MR) is 200 cm³/mol. The third kappa shape index (κ3) is 4.36. The minimum atomic E-state index is -0.410. The molecular weight excluding hydrogens is 587 g/mol. The summed E-state index contributed by atoms with van der Waals surface area (Å²) >= 11 is 0. The zero-order valence-corrected chi connectivity index (χ0v) is 27.5. The summed E-state index contributed by atoms with van der Waals surface area (Å²) in [5, 5.41) is 7.36. The summed E-state index contributed by atoms with van der Waals surface area (Å²) in [6, 6.07) is 46.1. The molecule has 0 N–H and O–H groups in total. The second kappa shape index (κ2) is 10.4. The van der Waals surface area contributed by atoms with Crippen LogP contribution in [-0.2, 0) is 4.74 Å². The van der Waals surface area contributed by atoms with Crippen LogP contribution in [0.15, 0.2) is 145 Å². The summed E-state index contributed by atoms with van der Waals surface area (Å²) in [7, 11) is 0. The minimum absolute atomic E-state index is 0.341. The number of hydrogen-bond donors (Lipinski definition) is 0. The predicted octanol–water partition coefficient (Wildman–Crippen LogP) is 11.2.